The summed E-state index contributed by atoms with van der Waals surface area (Å²) in [5, 5.41) is 56.0. The van der Waals surface area contributed by atoms with E-state index in [0.717, 1.165) is 122 Å². The number of aryl methyl sites for hydroxylation is 1. The van der Waals surface area contributed by atoms with Crippen LogP contribution in [0, 0.1) is 11.8 Å². The van der Waals surface area contributed by atoms with Crippen LogP contribution in [0.5, 0.6) is 0 Å². The van der Waals surface area contributed by atoms with Gasteiger partial charge >= 0.3 is 30.2 Å². The van der Waals surface area contributed by atoms with Gasteiger partial charge in [0.25, 0.3) is 0 Å². The second-order valence-electron chi connectivity index (χ2n) is 32.7. The molecule has 5 aromatic carbocycles. The van der Waals surface area contributed by atoms with E-state index in [1.165, 1.54) is 101 Å². The number of aromatic nitrogens is 10. The van der Waals surface area contributed by atoms with Crippen LogP contribution in [0.3, 0.4) is 0 Å². The van der Waals surface area contributed by atoms with E-state index in [1.54, 1.807) is 65.6 Å². The fourth-order valence-electron chi connectivity index (χ4n) is 17.6. The quantitative estimate of drug-likeness (QED) is 0.0487. The van der Waals surface area contributed by atoms with E-state index in [-0.39, 0.29) is 35.6 Å². The minimum atomic E-state index is -0.121. The highest BCUT2D eigenvalue weighted by molar-refractivity contribution is 6.32. The van der Waals surface area contributed by atoms with Crippen LogP contribution in [0.15, 0.2) is 140 Å². The van der Waals surface area contributed by atoms with Crippen molar-refractivity contribution in [3.05, 3.63) is 249 Å². The highest BCUT2D eigenvalue weighted by Gasteiger charge is 2.48. The molecule has 0 spiro atoms. The molecule has 628 valence electrons. The Morgan fingerprint density at radius 2 is 0.783 bits per heavy atom. The number of unbranched alkanes of at least 4 members (excludes halogenated alkanes) is 1. The Balaban J connectivity index is 0.000000117. The van der Waals surface area contributed by atoms with E-state index in [0.29, 0.717) is 119 Å². The summed E-state index contributed by atoms with van der Waals surface area (Å²) in [6, 6.07) is 35.6. The molecule has 19 rings (SSSR count). The van der Waals surface area contributed by atoms with Crippen molar-refractivity contribution in [1.29, 1.82) is 0 Å². The van der Waals surface area contributed by atoms with E-state index < -0.39 is 0 Å². The minimum Gasteiger partial charge on any atom is -0.320 e. The van der Waals surface area contributed by atoms with Gasteiger partial charge in [-0.2, -0.15) is 25.5 Å². The maximum absolute atomic E-state index is 12.7. The number of H-pyrrole nitrogens is 5. The number of hydrogen-bond acceptors (Lipinski definition) is 10. The van der Waals surface area contributed by atoms with Crippen molar-refractivity contribution in [2.45, 2.75) is 186 Å². The van der Waals surface area contributed by atoms with Crippen LogP contribution in [0.1, 0.15) is 194 Å². The molecular formula is C90H103Cl5N20O5. The number of fused-ring (bicyclic) bond motifs is 6. The largest absolute Gasteiger partial charge is 0.322 e. The summed E-state index contributed by atoms with van der Waals surface area (Å²) in [4.78, 5) is 72.0. The molecule has 3 saturated carbocycles. The lowest BCUT2D eigenvalue weighted by atomic mass is 9.82. The number of urea groups is 5. The zero-order valence-corrected chi connectivity index (χ0v) is 71.6. The number of rotatable bonds is 13. The first-order valence-corrected chi connectivity index (χ1v) is 43.8. The Hall–Kier alpha value is -10.6. The number of anilines is 5. The van der Waals surface area contributed by atoms with Crippen molar-refractivity contribution >= 4 is 123 Å². The average molecular weight is 1720 g/mol. The number of carbonyl (C=O) groups excluding carboxylic acids is 5. The fraction of sp³-hybridized carbons (Fsp3) is 0.400. The normalized spacial score (nSPS) is 18.3. The topological polar surface area (TPSA) is 305 Å². The van der Waals surface area contributed by atoms with Crippen LogP contribution in [-0.4, -0.2) is 138 Å². The molecule has 9 aliphatic rings. The van der Waals surface area contributed by atoms with E-state index in [9.17, 15) is 24.0 Å². The molecule has 120 heavy (non-hydrogen) atoms. The molecule has 5 aliphatic heterocycles. The number of hydrogen-bond donors (Lipinski definition) is 10. The zero-order chi connectivity index (χ0) is 83.4. The number of halogens is 5. The van der Waals surface area contributed by atoms with Crippen molar-refractivity contribution in [3.8, 4) is 0 Å². The number of carbonyl (C=O) groups is 5. The van der Waals surface area contributed by atoms with Crippen LogP contribution in [0.4, 0.5) is 52.4 Å². The minimum absolute atomic E-state index is 0.0747. The Morgan fingerprint density at radius 3 is 1.19 bits per heavy atom. The van der Waals surface area contributed by atoms with Crippen LogP contribution < -0.4 is 26.6 Å². The fourth-order valence-corrected chi connectivity index (χ4v) is 18.5. The average Bonchev–Trinajstić information content (AvgIpc) is 1.54. The summed E-state index contributed by atoms with van der Waals surface area (Å²) in [7, 11) is 0. The van der Waals surface area contributed by atoms with Gasteiger partial charge in [-0.15, -0.1) is 0 Å². The summed E-state index contributed by atoms with van der Waals surface area (Å²) in [5.41, 5.74) is 21.0. The molecule has 2 atom stereocenters. The van der Waals surface area contributed by atoms with Crippen molar-refractivity contribution in [1.82, 2.24) is 75.5 Å². The molecule has 10 aromatic rings. The van der Waals surface area contributed by atoms with Crippen LogP contribution in [-0.2, 0) is 76.7 Å². The lowest BCUT2D eigenvalue weighted by Crippen LogP contribution is -2.39. The lowest BCUT2D eigenvalue weighted by molar-refractivity contribution is 0.205. The summed E-state index contributed by atoms with van der Waals surface area (Å²) < 4.78 is 0. The van der Waals surface area contributed by atoms with Crippen LogP contribution in [0.2, 0.25) is 25.1 Å². The molecule has 2 unspecified atom stereocenters. The summed E-state index contributed by atoms with van der Waals surface area (Å²) >= 11 is 29.9. The summed E-state index contributed by atoms with van der Waals surface area (Å²) in [6.45, 7) is 13.0. The molecule has 5 aromatic heterocycles. The Bertz CT molecular complexity index is 5350. The summed E-state index contributed by atoms with van der Waals surface area (Å²) in [6.07, 6.45) is 27.7. The van der Waals surface area contributed by atoms with Crippen molar-refractivity contribution in [3.63, 3.8) is 0 Å². The van der Waals surface area contributed by atoms with Crippen LogP contribution in [0.25, 0.3) is 6.08 Å². The third kappa shape index (κ3) is 20.9. The third-order valence-electron chi connectivity index (χ3n) is 24.2. The third-order valence-corrected chi connectivity index (χ3v) is 25.4. The Morgan fingerprint density at radius 1 is 0.433 bits per heavy atom. The molecule has 0 radical (unpaired) electrons. The molecule has 3 fully saturated rings. The first kappa shape index (κ1) is 84.4. The highest BCUT2D eigenvalue weighted by Crippen LogP contribution is 2.58. The van der Waals surface area contributed by atoms with Gasteiger partial charge in [-0.1, -0.05) is 147 Å². The molecule has 4 aliphatic carbocycles. The molecule has 30 heteroatoms. The maximum Gasteiger partial charge on any atom is 0.322 e. The molecule has 25 nitrogen and oxygen atoms in total. The van der Waals surface area contributed by atoms with E-state index in [4.69, 9.17) is 58.0 Å². The molecule has 10 N–H and O–H groups in total. The predicted octanol–water partition coefficient (Wildman–Crippen LogP) is 20.8. The van der Waals surface area contributed by atoms with E-state index >= 15 is 0 Å². The molecule has 0 saturated heterocycles. The second-order valence-corrected chi connectivity index (χ2v) is 34.8. The molecule has 10 amide bonds. The van der Waals surface area contributed by atoms with Gasteiger partial charge in [-0.25, -0.2) is 24.0 Å². The Kier molecular flexibility index (Phi) is 27.4. The number of nitrogens with one attached hydrogen (secondary N) is 10. The first-order valence-electron chi connectivity index (χ1n) is 42.0. The number of allylic oxidation sites excluding steroid dienone is 3. The summed E-state index contributed by atoms with van der Waals surface area (Å²) in [5.74, 6) is 2.90. The van der Waals surface area contributed by atoms with Gasteiger partial charge in [0.15, 0.2) is 0 Å². The maximum atomic E-state index is 12.7. The van der Waals surface area contributed by atoms with Crippen molar-refractivity contribution in [2.24, 2.45) is 11.8 Å². The zero-order valence-electron chi connectivity index (χ0n) is 67.9. The van der Waals surface area contributed by atoms with Gasteiger partial charge in [-0.3, -0.25) is 25.5 Å². The Labute approximate surface area is 724 Å². The molecular weight excluding hydrogens is 1620 g/mol. The van der Waals surface area contributed by atoms with Gasteiger partial charge in [0.2, 0.25) is 0 Å². The second kappa shape index (κ2) is 38.9. The number of benzene rings is 5. The van der Waals surface area contributed by atoms with Gasteiger partial charge in [0.05, 0.1) is 61.2 Å². The molecule has 0 bridgehead atoms. The van der Waals surface area contributed by atoms with E-state index in [1.807, 2.05) is 86.3 Å². The van der Waals surface area contributed by atoms with Crippen molar-refractivity contribution < 1.29 is 24.0 Å². The van der Waals surface area contributed by atoms with Gasteiger partial charge < -0.3 is 51.1 Å². The van der Waals surface area contributed by atoms with Gasteiger partial charge in [-0.05, 0) is 173 Å². The number of aromatic amines is 5. The van der Waals surface area contributed by atoms with Crippen LogP contribution >= 0.6 is 58.0 Å². The monoisotopic (exact) mass is 1720 g/mol. The predicted molar refractivity (Wildman–Crippen MR) is 474 cm³/mol. The van der Waals surface area contributed by atoms with Gasteiger partial charge in [0.1, 0.15) is 0 Å². The smallest absolute Gasteiger partial charge is 0.320 e. The van der Waals surface area contributed by atoms with Gasteiger partial charge in [0, 0.05) is 192 Å². The standard InChI is InChI=1S/C19H21ClN4O.C19H23ClN4O.C18H19ClN4O.C17H21ClN4O.C17H19ClN4O/c20-14-2-1-3-15(9-14)21-19(25)24-5-4-17-16(10-24)18(23-22-17)13-7-11-6-12(11)8-13;1-19(8-2-3-9-19)17-15-12-24(10-7-16(15)22-23-17)18(25)21-14-6-4-5-13(20)11-14;19-13-6-3-7-14(10-13)20-18(24)23-9-8-16-15(11-23)17(22-21-16)12-4-1-2-5-12;2*1-2-3-7-15-14-11-22(9-8-16(14)21-20-15)17(23)19-13-6-4-5-12(18)10-13/h1-3,9,11-13H,4-8,10H2,(H,21,25)(H,22,23);4-6,11H,2-3,7-10,12H2,1H3,(H,21,25)(H,22,23);1-3,6-7,10,12H,4-5,8-9,11H2,(H,20,24)(H,21,22);4-6,10H,2-3,7-9,11H2,1H3,(H,19,23)(H,20,21);3-7,10H,2,8-9,11H2,1H3,(H,19,23)(H,20,21)/b;;;;7-3+. The molecule has 10 heterocycles. The number of nitrogens with zero attached hydrogens (tertiary/aromatic N) is 10. The number of amides is 10. The first-order chi connectivity index (χ1) is 58.3. The van der Waals surface area contributed by atoms with E-state index in [2.05, 4.69) is 117 Å². The SMILES string of the molecule is CC/C=C/c1n[nH]c2c1CN(C(=O)Nc1cccc(Cl)c1)CC2.CC1(c2n[nH]c3c2CN(C(=O)Nc2cccc(Cl)c2)CC3)CCCC1.CCCCc1n[nH]c2c1CN(C(=O)Nc1cccc(Cl)c1)CC2.O=C(Nc1cccc(Cl)c1)N1CCc2[nH]nc(C3CC4CC4C3)c2C1.O=C(Nc1cccc(Cl)c1)N1CCc2[nH]nc(C3CC=CC3)c2C1. The van der Waals surface area contributed by atoms with Crippen molar-refractivity contribution in [2.75, 3.05) is 59.3 Å². The lowest BCUT2D eigenvalue weighted by Gasteiger charge is -2.30. The highest BCUT2D eigenvalue weighted by atomic mass is 35.5.